The maximum Gasteiger partial charge on any atom is 0.176 e. The molecule has 1 fully saturated rings. The van der Waals surface area contributed by atoms with Crippen molar-refractivity contribution in [3.63, 3.8) is 0 Å². The lowest BCUT2D eigenvalue weighted by atomic mass is 9.93. The molecule has 7 nitrogen and oxygen atoms in total. The van der Waals surface area contributed by atoms with Crippen LogP contribution in [0.4, 0.5) is 5.69 Å². The van der Waals surface area contributed by atoms with Gasteiger partial charge >= 0.3 is 0 Å². The third-order valence-corrected chi connectivity index (χ3v) is 4.99. The number of ether oxygens (including phenoxy) is 1. The summed E-state index contributed by atoms with van der Waals surface area (Å²) in [6.07, 6.45) is 0. The van der Waals surface area contributed by atoms with E-state index in [-0.39, 0.29) is 17.4 Å². The van der Waals surface area contributed by atoms with Crippen LogP contribution in [-0.4, -0.2) is 39.3 Å². The van der Waals surface area contributed by atoms with E-state index in [0.717, 1.165) is 11.0 Å². The van der Waals surface area contributed by atoms with Gasteiger partial charge in [0.15, 0.2) is 5.78 Å². The molecule has 1 aliphatic heterocycles. The van der Waals surface area contributed by atoms with E-state index < -0.39 is 11.5 Å². The Kier molecular flexibility index (Phi) is 3.69. The third-order valence-electron chi connectivity index (χ3n) is 4.99. The maximum atomic E-state index is 13.2. The molecular formula is C20H20N4O3. The highest BCUT2D eigenvalue weighted by Crippen LogP contribution is 2.41. The van der Waals surface area contributed by atoms with Gasteiger partial charge in [0.25, 0.3) is 0 Å². The van der Waals surface area contributed by atoms with Gasteiger partial charge < -0.3 is 19.7 Å². The lowest BCUT2D eigenvalue weighted by Crippen LogP contribution is -2.44. The van der Waals surface area contributed by atoms with Crippen LogP contribution in [-0.2, 0) is 4.79 Å². The number of benzene rings is 2. The second-order valence-electron chi connectivity index (χ2n) is 7.11. The van der Waals surface area contributed by atoms with E-state index in [1.807, 2.05) is 24.3 Å². The number of ketones is 1. The summed E-state index contributed by atoms with van der Waals surface area (Å²) in [6, 6.07) is 12.2. The molecule has 0 amide bonds. The van der Waals surface area contributed by atoms with Crippen LogP contribution >= 0.6 is 0 Å². The number of phenols is 1. The molecule has 0 bridgehead atoms. The molecule has 1 aliphatic rings. The first-order valence-electron chi connectivity index (χ1n) is 8.58. The van der Waals surface area contributed by atoms with E-state index in [1.165, 1.54) is 19.2 Å². The number of methoxy groups -OCH3 is 1. The maximum absolute atomic E-state index is 13.2. The Bertz CT molecular complexity index is 1040. The van der Waals surface area contributed by atoms with Gasteiger partial charge in [0.2, 0.25) is 0 Å². The summed E-state index contributed by atoms with van der Waals surface area (Å²) in [5.41, 5.74) is 1.13. The number of nitrogens with zero attached hydrogens (tertiary/aromatic N) is 2. The molecule has 2 aromatic carbocycles. The number of anilines is 1. The number of imidazole rings is 1. The second-order valence-corrected chi connectivity index (χ2v) is 7.11. The van der Waals surface area contributed by atoms with Gasteiger partial charge in [-0.05, 0) is 26.0 Å². The third kappa shape index (κ3) is 2.54. The molecule has 1 saturated heterocycles. The van der Waals surface area contributed by atoms with Gasteiger partial charge in [-0.1, -0.05) is 12.1 Å². The molecule has 0 radical (unpaired) electrons. The molecule has 1 atom stereocenters. The van der Waals surface area contributed by atoms with Crippen molar-refractivity contribution in [2.24, 2.45) is 0 Å². The normalized spacial score (nSPS) is 19.1. The first kappa shape index (κ1) is 17.1. The van der Waals surface area contributed by atoms with Gasteiger partial charge in [-0.2, -0.15) is 0 Å². The number of carbonyl (C=O) groups is 1. The van der Waals surface area contributed by atoms with Crippen LogP contribution in [0, 0.1) is 5.41 Å². The number of aromatic hydroxyl groups is 1. The fourth-order valence-electron chi connectivity index (χ4n) is 3.66. The van der Waals surface area contributed by atoms with Crippen LogP contribution in [0.1, 0.15) is 25.6 Å². The van der Waals surface area contributed by atoms with Crippen LogP contribution in [0.5, 0.6) is 11.5 Å². The number of aromatic amines is 1. The number of H-pyrrole nitrogens is 1. The van der Waals surface area contributed by atoms with E-state index in [2.05, 4.69) is 9.97 Å². The fourth-order valence-corrected chi connectivity index (χ4v) is 3.66. The number of rotatable bonds is 3. The van der Waals surface area contributed by atoms with E-state index in [4.69, 9.17) is 10.1 Å². The Morgan fingerprint density at radius 1 is 1.26 bits per heavy atom. The van der Waals surface area contributed by atoms with Crippen molar-refractivity contribution in [2.75, 3.05) is 12.0 Å². The SMILES string of the molecule is COc1cc(O)cc(N2C(=N)C(c3nc4ccccc4[nH]3)C(=O)C2(C)C)c1. The summed E-state index contributed by atoms with van der Waals surface area (Å²) in [5.74, 6) is 0.0843. The highest BCUT2D eigenvalue weighted by Gasteiger charge is 2.53. The number of fused-ring (bicyclic) bond motifs is 1. The summed E-state index contributed by atoms with van der Waals surface area (Å²) in [5, 5.41) is 18.7. The lowest BCUT2D eigenvalue weighted by molar-refractivity contribution is -0.121. The van der Waals surface area contributed by atoms with Crippen molar-refractivity contribution in [2.45, 2.75) is 25.3 Å². The smallest absolute Gasteiger partial charge is 0.176 e. The predicted octanol–water partition coefficient (Wildman–Crippen LogP) is 3.21. The van der Waals surface area contributed by atoms with Gasteiger partial charge in [0.1, 0.15) is 34.6 Å². The van der Waals surface area contributed by atoms with E-state index >= 15 is 0 Å². The van der Waals surface area contributed by atoms with Gasteiger partial charge in [-0.3, -0.25) is 10.2 Å². The van der Waals surface area contributed by atoms with Crippen molar-refractivity contribution in [1.29, 1.82) is 5.41 Å². The van der Waals surface area contributed by atoms with Crippen molar-refractivity contribution in [3.05, 3.63) is 48.3 Å². The minimum absolute atomic E-state index is 0.00702. The number of nitrogens with one attached hydrogen (secondary N) is 2. The quantitative estimate of drug-likeness (QED) is 0.662. The molecule has 4 rings (SSSR count). The number of Topliss-reactive ketones (excluding diaryl/α,β-unsaturated/α-hetero) is 1. The number of para-hydroxylation sites is 2. The molecule has 7 heteroatoms. The molecule has 27 heavy (non-hydrogen) atoms. The van der Waals surface area contributed by atoms with Crippen molar-refractivity contribution in [3.8, 4) is 11.5 Å². The first-order chi connectivity index (χ1) is 12.8. The zero-order chi connectivity index (χ0) is 19.3. The van der Waals surface area contributed by atoms with Crippen molar-refractivity contribution < 1.29 is 14.6 Å². The summed E-state index contributed by atoms with van der Waals surface area (Å²) >= 11 is 0. The zero-order valence-corrected chi connectivity index (χ0v) is 15.3. The number of carbonyl (C=O) groups excluding carboxylic acids is 1. The number of hydrogen-bond donors (Lipinski definition) is 3. The largest absolute Gasteiger partial charge is 0.508 e. The Balaban J connectivity index is 1.82. The molecule has 138 valence electrons. The van der Waals surface area contributed by atoms with E-state index in [1.54, 1.807) is 24.8 Å². The first-order valence-corrected chi connectivity index (χ1v) is 8.58. The fraction of sp³-hybridized carbons (Fsp3) is 0.250. The molecule has 0 aliphatic carbocycles. The highest BCUT2D eigenvalue weighted by molar-refractivity contribution is 6.25. The molecule has 3 aromatic rings. The molecule has 3 N–H and O–H groups in total. The second kappa shape index (κ2) is 5.84. The zero-order valence-electron chi connectivity index (χ0n) is 15.3. The van der Waals surface area contributed by atoms with Crippen LogP contribution in [0.15, 0.2) is 42.5 Å². The molecule has 2 heterocycles. The lowest BCUT2D eigenvalue weighted by Gasteiger charge is -2.31. The van der Waals surface area contributed by atoms with E-state index in [9.17, 15) is 9.90 Å². The van der Waals surface area contributed by atoms with Gasteiger partial charge in [-0.25, -0.2) is 4.98 Å². The monoisotopic (exact) mass is 364 g/mol. The average molecular weight is 364 g/mol. The summed E-state index contributed by atoms with van der Waals surface area (Å²) in [7, 11) is 1.50. The Morgan fingerprint density at radius 2 is 2.00 bits per heavy atom. The minimum Gasteiger partial charge on any atom is -0.508 e. The number of hydrogen-bond acceptors (Lipinski definition) is 5. The summed E-state index contributed by atoms with van der Waals surface area (Å²) in [4.78, 5) is 22.5. The molecule has 0 saturated carbocycles. The molecule has 1 unspecified atom stereocenters. The number of phenolic OH excluding ortho intramolecular Hbond substituents is 1. The standard InChI is InChI=1S/C20H20N4O3/c1-20(2)17(26)16(19-22-14-6-4-5-7-15(14)23-19)18(21)24(20)11-8-12(25)10-13(9-11)27-3/h4-10,16,21,25H,1-3H3,(H,22,23). The Morgan fingerprint density at radius 3 is 2.70 bits per heavy atom. The van der Waals surface area contributed by atoms with Crippen molar-refractivity contribution >= 4 is 28.3 Å². The molecule has 0 spiro atoms. The predicted molar refractivity (Wildman–Crippen MR) is 103 cm³/mol. The minimum atomic E-state index is -0.973. The average Bonchev–Trinajstić information content (AvgIpc) is 3.11. The topological polar surface area (TPSA) is 102 Å². The van der Waals surface area contributed by atoms with Crippen molar-refractivity contribution in [1.82, 2.24) is 9.97 Å². The highest BCUT2D eigenvalue weighted by atomic mass is 16.5. The molecule has 1 aromatic heterocycles. The van der Waals surface area contributed by atoms with E-state index in [0.29, 0.717) is 17.3 Å². The summed E-state index contributed by atoms with van der Waals surface area (Å²) in [6.45, 7) is 3.53. The van der Waals surface area contributed by atoms with Gasteiger partial charge in [0, 0.05) is 18.2 Å². The Labute approximate surface area is 156 Å². The van der Waals surface area contributed by atoms with Crippen LogP contribution in [0.25, 0.3) is 11.0 Å². The van der Waals surface area contributed by atoms with Crippen LogP contribution in [0.3, 0.4) is 0 Å². The summed E-state index contributed by atoms with van der Waals surface area (Å²) < 4.78 is 5.22. The van der Waals surface area contributed by atoms with Gasteiger partial charge in [0.05, 0.1) is 23.8 Å². The van der Waals surface area contributed by atoms with Gasteiger partial charge in [-0.15, -0.1) is 0 Å². The Hall–Kier alpha value is -3.35. The van der Waals surface area contributed by atoms with Crippen LogP contribution in [0.2, 0.25) is 0 Å². The number of amidine groups is 1. The molecular weight excluding hydrogens is 344 g/mol. The number of aromatic nitrogens is 2. The van der Waals surface area contributed by atoms with Crippen LogP contribution < -0.4 is 9.64 Å².